The molecule has 0 aliphatic heterocycles. The first-order valence-electron chi connectivity index (χ1n) is 5.32. The second-order valence-corrected chi connectivity index (χ2v) is 4.79. The third-order valence-corrected chi connectivity index (χ3v) is 3.34. The minimum absolute atomic E-state index is 0.0939. The smallest absolute Gasteiger partial charge is 0.301 e. The highest BCUT2D eigenvalue weighted by atomic mass is 32.1. The van der Waals surface area contributed by atoms with Crippen LogP contribution in [0.15, 0.2) is 21.7 Å². The molecule has 2 N–H and O–H groups in total. The van der Waals surface area contributed by atoms with E-state index in [9.17, 15) is 29.8 Å². The number of hydrogen-bond acceptors (Lipinski definition) is 7. The summed E-state index contributed by atoms with van der Waals surface area (Å²) in [5.74, 6) is 0. The number of rotatable bonds is 4. The van der Waals surface area contributed by atoms with Crippen LogP contribution < -0.4 is 11.2 Å². The zero-order valence-corrected chi connectivity index (χ0v) is 10.9. The molecule has 0 unspecified atom stereocenters. The van der Waals surface area contributed by atoms with Crippen LogP contribution in [0.5, 0.6) is 0 Å². The summed E-state index contributed by atoms with van der Waals surface area (Å²) in [6, 6.07) is 2.72. The second-order valence-electron chi connectivity index (χ2n) is 3.69. The molecule has 0 amide bonds. The zero-order valence-electron chi connectivity index (χ0n) is 10.1. The number of nitro groups is 2. The van der Waals surface area contributed by atoms with E-state index in [1.165, 1.54) is 18.2 Å². The van der Waals surface area contributed by atoms with Crippen LogP contribution in [0.25, 0.3) is 12.2 Å². The number of aromatic nitrogens is 2. The van der Waals surface area contributed by atoms with Gasteiger partial charge in [-0.15, -0.1) is 0 Å². The summed E-state index contributed by atoms with van der Waals surface area (Å²) in [7, 11) is 0. The predicted octanol–water partition coefficient (Wildman–Crippen LogP) is 1.11. The Morgan fingerprint density at radius 3 is 2.33 bits per heavy atom. The van der Waals surface area contributed by atoms with Crippen LogP contribution in [0.3, 0.4) is 0 Å². The lowest BCUT2D eigenvalue weighted by atomic mass is 10.3. The van der Waals surface area contributed by atoms with E-state index in [-0.39, 0.29) is 10.7 Å². The molecule has 2 aromatic heterocycles. The van der Waals surface area contributed by atoms with Gasteiger partial charge in [0.1, 0.15) is 5.69 Å². The average molecular weight is 310 g/mol. The van der Waals surface area contributed by atoms with E-state index in [1.807, 2.05) is 0 Å². The first-order chi connectivity index (χ1) is 9.88. The molecule has 0 saturated carbocycles. The molecule has 0 radical (unpaired) electrons. The summed E-state index contributed by atoms with van der Waals surface area (Å²) in [6.07, 6.45) is 2.47. The van der Waals surface area contributed by atoms with Gasteiger partial charge in [-0.2, -0.15) is 0 Å². The third kappa shape index (κ3) is 3.09. The van der Waals surface area contributed by atoms with Crippen molar-refractivity contribution < 1.29 is 9.85 Å². The van der Waals surface area contributed by atoms with E-state index < -0.39 is 26.8 Å². The van der Waals surface area contributed by atoms with Crippen molar-refractivity contribution in [3.63, 3.8) is 0 Å². The van der Waals surface area contributed by atoms with Crippen LogP contribution >= 0.6 is 11.3 Å². The number of thiophene rings is 1. The molecule has 21 heavy (non-hydrogen) atoms. The summed E-state index contributed by atoms with van der Waals surface area (Å²) in [4.78, 5) is 46.7. The fourth-order valence-electron chi connectivity index (χ4n) is 1.49. The van der Waals surface area contributed by atoms with Crippen LogP contribution in [-0.2, 0) is 0 Å². The van der Waals surface area contributed by atoms with Crippen LogP contribution in [0, 0.1) is 20.2 Å². The van der Waals surface area contributed by atoms with Gasteiger partial charge in [0.25, 0.3) is 0 Å². The fraction of sp³-hybridized carbons (Fsp3) is 0. The molecule has 0 aromatic carbocycles. The maximum Gasteiger partial charge on any atom is 0.357 e. The Kier molecular flexibility index (Phi) is 3.75. The number of aromatic amines is 2. The minimum Gasteiger partial charge on any atom is -0.301 e. The van der Waals surface area contributed by atoms with E-state index in [1.54, 1.807) is 4.98 Å². The maximum atomic E-state index is 11.4. The molecule has 2 aromatic rings. The summed E-state index contributed by atoms with van der Waals surface area (Å²) in [5, 5.41) is 21.2. The van der Waals surface area contributed by atoms with Crippen molar-refractivity contribution in [1.29, 1.82) is 0 Å². The lowest BCUT2D eigenvalue weighted by Gasteiger charge is -1.95. The molecule has 108 valence electrons. The molecule has 2 rings (SSSR count). The van der Waals surface area contributed by atoms with Crippen molar-refractivity contribution in [2.75, 3.05) is 0 Å². The van der Waals surface area contributed by atoms with Crippen molar-refractivity contribution in [1.82, 2.24) is 9.97 Å². The average Bonchev–Trinajstić information content (AvgIpc) is 2.83. The second kappa shape index (κ2) is 5.50. The van der Waals surface area contributed by atoms with E-state index in [2.05, 4.69) is 4.98 Å². The molecule has 11 heteroatoms. The molecule has 0 aliphatic rings. The van der Waals surface area contributed by atoms with E-state index in [0.717, 1.165) is 17.4 Å². The summed E-state index contributed by atoms with van der Waals surface area (Å²) >= 11 is 0.849. The van der Waals surface area contributed by atoms with E-state index in [4.69, 9.17) is 0 Å². The molecular formula is C10H6N4O6S. The van der Waals surface area contributed by atoms with Gasteiger partial charge < -0.3 is 4.98 Å². The van der Waals surface area contributed by atoms with Gasteiger partial charge in [0.15, 0.2) is 0 Å². The highest BCUT2D eigenvalue weighted by Gasteiger charge is 2.18. The fourth-order valence-corrected chi connectivity index (χ4v) is 2.22. The van der Waals surface area contributed by atoms with Crippen LogP contribution in [0.1, 0.15) is 10.6 Å². The lowest BCUT2D eigenvalue weighted by molar-refractivity contribution is -0.386. The largest absolute Gasteiger partial charge is 0.357 e. The Morgan fingerprint density at radius 2 is 1.76 bits per heavy atom. The molecule has 0 atom stereocenters. The Morgan fingerprint density at radius 1 is 1.05 bits per heavy atom. The van der Waals surface area contributed by atoms with Gasteiger partial charge in [0.2, 0.25) is 0 Å². The van der Waals surface area contributed by atoms with Gasteiger partial charge in [-0.25, -0.2) is 4.79 Å². The van der Waals surface area contributed by atoms with Gasteiger partial charge in [0.05, 0.1) is 9.85 Å². The number of nitrogens with zero attached hydrogens (tertiary/aromatic N) is 2. The molecule has 0 aliphatic carbocycles. The number of H-pyrrole nitrogens is 2. The molecule has 0 saturated heterocycles. The highest BCUT2D eigenvalue weighted by molar-refractivity contribution is 7.16. The van der Waals surface area contributed by atoms with Gasteiger partial charge in [-0.1, -0.05) is 11.3 Å². The topological polar surface area (TPSA) is 152 Å². The highest BCUT2D eigenvalue weighted by Crippen LogP contribution is 2.25. The van der Waals surface area contributed by atoms with Gasteiger partial charge in [0, 0.05) is 10.9 Å². The van der Waals surface area contributed by atoms with Crippen molar-refractivity contribution in [2.24, 2.45) is 0 Å². The molecule has 0 spiro atoms. The summed E-state index contributed by atoms with van der Waals surface area (Å²) in [6.45, 7) is 0. The Labute approximate surface area is 118 Å². The molecule has 10 nitrogen and oxygen atoms in total. The Hall–Kier alpha value is -3.08. The quantitative estimate of drug-likeness (QED) is 0.637. The van der Waals surface area contributed by atoms with E-state index >= 15 is 0 Å². The zero-order chi connectivity index (χ0) is 15.6. The Bertz CT molecular complexity index is 861. The SMILES string of the molecule is O=c1[nH]c(C=Cc2ccc([N+](=O)[O-])s2)c([N+](=O)[O-])c(=O)[nH]1. The van der Waals surface area contributed by atoms with Crippen molar-refractivity contribution >= 4 is 34.2 Å². The van der Waals surface area contributed by atoms with Crippen LogP contribution in [0.2, 0.25) is 0 Å². The van der Waals surface area contributed by atoms with Gasteiger partial charge >= 0.3 is 21.9 Å². The predicted molar refractivity (Wildman–Crippen MR) is 74.2 cm³/mol. The molecule has 0 fully saturated rings. The van der Waals surface area contributed by atoms with Crippen molar-refractivity contribution in [2.45, 2.75) is 0 Å². The van der Waals surface area contributed by atoms with Crippen molar-refractivity contribution in [3.8, 4) is 0 Å². The third-order valence-electron chi connectivity index (χ3n) is 2.33. The Balaban J connectivity index is 2.45. The standard InChI is InChI=1S/C10H6N4O6S/c15-9-8(14(19)20)6(11-10(16)12-9)3-1-5-2-4-7(21-5)13(17)18/h1-4H,(H2,11,12,15,16). The first kappa shape index (κ1) is 14.3. The lowest BCUT2D eigenvalue weighted by Crippen LogP contribution is -2.25. The monoisotopic (exact) mass is 310 g/mol. The van der Waals surface area contributed by atoms with Crippen LogP contribution in [0.4, 0.5) is 10.7 Å². The van der Waals surface area contributed by atoms with Crippen molar-refractivity contribution in [3.05, 3.63) is 63.8 Å². The van der Waals surface area contributed by atoms with E-state index in [0.29, 0.717) is 4.88 Å². The number of nitrogens with one attached hydrogen (secondary N) is 2. The maximum absolute atomic E-state index is 11.4. The summed E-state index contributed by atoms with van der Waals surface area (Å²) in [5.41, 5.74) is -3.11. The normalized spacial score (nSPS) is 10.9. The van der Waals surface area contributed by atoms with Crippen LogP contribution in [-0.4, -0.2) is 19.8 Å². The molecule has 2 heterocycles. The summed E-state index contributed by atoms with van der Waals surface area (Å²) < 4.78 is 0. The number of hydrogen-bond donors (Lipinski definition) is 2. The molecular weight excluding hydrogens is 304 g/mol. The molecule has 0 bridgehead atoms. The minimum atomic E-state index is -1.12. The first-order valence-corrected chi connectivity index (χ1v) is 6.13. The van der Waals surface area contributed by atoms with Gasteiger partial charge in [-0.3, -0.25) is 30.0 Å². The van der Waals surface area contributed by atoms with Gasteiger partial charge in [-0.05, 0) is 18.2 Å².